The van der Waals surface area contributed by atoms with Crippen LogP contribution in [0.4, 0.5) is 0 Å². The first kappa shape index (κ1) is 14.4. The summed E-state index contributed by atoms with van der Waals surface area (Å²) in [6.07, 6.45) is 7.72. The van der Waals surface area contributed by atoms with Gasteiger partial charge in [-0.25, -0.2) is 0 Å². The van der Waals surface area contributed by atoms with Crippen molar-refractivity contribution in [3.8, 4) is 5.75 Å². The Kier molecular flexibility index (Phi) is 6.22. The van der Waals surface area contributed by atoms with Crippen LogP contribution in [0.5, 0.6) is 5.75 Å². The Morgan fingerprint density at radius 2 is 1.89 bits per heavy atom. The van der Waals surface area contributed by atoms with Crippen molar-refractivity contribution in [3.05, 3.63) is 29.8 Å². The molecule has 1 aromatic carbocycles. The van der Waals surface area contributed by atoms with Crippen molar-refractivity contribution in [2.24, 2.45) is 0 Å². The maximum atomic E-state index is 5.79. The molecule has 2 heteroatoms. The summed E-state index contributed by atoms with van der Waals surface area (Å²) in [5, 5.41) is 3.41. The Bertz CT molecular complexity index is 341. The van der Waals surface area contributed by atoms with E-state index in [-0.39, 0.29) is 0 Å². The van der Waals surface area contributed by atoms with Gasteiger partial charge in [0.05, 0.1) is 6.61 Å². The van der Waals surface area contributed by atoms with Crippen molar-refractivity contribution in [1.29, 1.82) is 0 Å². The normalized spacial score (nSPS) is 18.7. The Morgan fingerprint density at radius 1 is 1.11 bits per heavy atom. The molecular formula is C17H27NO. The largest absolute Gasteiger partial charge is 0.494 e. The number of ether oxygens (including phenoxy) is 1. The highest BCUT2D eigenvalue weighted by molar-refractivity contribution is 5.30. The molecule has 1 fully saturated rings. The number of unbranched alkanes of at least 4 members (excludes halogenated alkanes) is 4. The molecule has 0 bridgehead atoms. The van der Waals surface area contributed by atoms with E-state index in [2.05, 4.69) is 36.5 Å². The lowest BCUT2D eigenvalue weighted by molar-refractivity contribution is 0.304. The quantitative estimate of drug-likeness (QED) is 0.711. The SMILES string of the molecule is CCCCCCCOc1ccc(C2CCNC2)cc1. The summed E-state index contributed by atoms with van der Waals surface area (Å²) < 4.78 is 5.79. The first-order valence-electron chi connectivity index (χ1n) is 7.83. The molecule has 1 unspecified atom stereocenters. The predicted octanol–water partition coefficient (Wildman–Crippen LogP) is 4.11. The molecule has 19 heavy (non-hydrogen) atoms. The predicted molar refractivity (Wildman–Crippen MR) is 80.9 cm³/mol. The number of hydrogen-bond donors (Lipinski definition) is 1. The van der Waals surface area contributed by atoms with E-state index in [1.54, 1.807) is 0 Å². The Morgan fingerprint density at radius 3 is 2.58 bits per heavy atom. The van der Waals surface area contributed by atoms with Crippen LogP contribution in [-0.2, 0) is 0 Å². The number of nitrogens with one attached hydrogen (secondary N) is 1. The molecule has 1 aromatic rings. The minimum absolute atomic E-state index is 0.697. The molecule has 1 saturated heterocycles. The summed E-state index contributed by atoms with van der Waals surface area (Å²) in [6.45, 7) is 5.38. The second-order valence-corrected chi connectivity index (χ2v) is 5.52. The van der Waals surface area contributed by atoms with Crippen LogP contribution in [0.2, 0.25) is 0 Å². The van der Waals surface area contributed by atoms with E-state index in [9.17, 15) is 0 Å². The highest BCUT2D eigenvalue weighted by Crippen LogP contribution is 2.24. The third kappa shape index (κ3) is 4.87. The van der Waals surface area contributed by atoms with Gasteiger partial charge < -0.3 is 10.1 Å². The van der Waals surface area contributed by atoms with Crippen molar-refractivity contribution in [2.75, 3.05) is 19.7 Å². The van der Waals surface area contributed by atoms with Crippen LogP contribution in [0.3, 0.4) is 0 Å². The summed E-state index contributed by atoms with van der Waals surface area (Å²) >= 11 is 0. The molecule has 0 saturated carbocycles. The van der Waals surface area contributed by atoms with Gasteiger partial charge in [-0.05, 0) is 43.0 Å². The standard InChI is InChI=1S/C17H27NO/c1-2-3-4-5-6-13-19-17-9-7-15(8-10-17)16-11-12-18-14-16/h7-10,16,18H,2-6,11-14H2,1H3. The lowest BCUT2D eigenvalue weighted by Gasteiger charge is -2.10. The third-order valence-corrected chi connectivity index (χ3v) is 3.93. The van der Waals surface area contributed by atoms with Crippen LogP contribution in [-0.4, -0.2) is 19.7 Å². The average molecular weight is 261 g/mol. The Labute approximate surface area is 117 Å². The zero-order valence-electron chi connectivity index (χ0n) is 12.2. The molecule has 0 aliphatic carbocycles. The number of rotatable bonds is 8. The number of hydrogen-bond acceptors (Lipinski definition) is 2. The Balaban J connectivity index is 1.67. The van der Waals surface area contributed by atoms with E-state index in [0.29, 0.717) is 5.92 Å². The first-order chi connectivity index (χ1) is 9.40. The molecule has 2 nitrogen and oxygen atoms in total. The zero-order chi connectivity index (χ0) is 13.3. The van der Waals surface area contributed by atoms with Crippen molar-refractivity contribution in [2.45, 2.75) is 51.4 Å². The first-order valence-corrected chi connectivity index (χ1v) is 7.83. The van der Waals surface area contributed by atoms with Gasteiger partial charge in [0.1, 0.15) is 5.75 Å². The summed E-state index contributed by atoms with van der Waals surface area (Å²) in [5.74, 6) is 1.72. The van der Waals surface area contributed by atoms with Crippen molar-refractivity contribution in [1.82, 2.24) is 5.32 Å². The van der Waals surface area contributed by atoms with Crippen LogP contribution >= 0.6 is 0 Å². The van der Waals surface area contributed by atoms with Crippen molar-refractivity contribution < 1.29 is 4.74 Å². The summed E-state index contributed by atoms with van der Waals surface area (Å²) in [4.78, 5) is 0. The molecular weight excluding hydrogens is 234 g/mol. The van der Waals surface area contributed by atoms with Crippen molar-refractivity contribution >= 4 is 0 Å². The molecule has 1 atom stereocenters. The molecule has 0 amide bonds. The Hall–Kier alpha value is -1.02. The highest BCUT2D eigenvalue weighted by Gasteiger charge is 2.15. The monoisotopic (exact) mass is 261 g/mol. The lowest BCUT2D eigenvalue weighted by Crippen LogP contribution is -2.07. The maximum absolute atomic E-state index is 5.79. The second-order valence-electron chi connectivity index (χ2n) is 5.52. The van der Waals surface area contributed by atoms with Gasteiger partial charge >= 0.3 is 0 Å². The molecule has 0 aromatic heterocycles. The molecule has 1 aliphatic heterocycles. The molecule has 106 valence electrons. The minimum atomic E-state index is 0.697. The average Bonchev–Trinajstić information content (AvgIpc) is 2.97. The van der Waals surface area contributed by atoms with Gasteiger partial charge in [0.2, 0.25) is 0 Å². The molecule has 1 heterocycles. The zero-order valence-corrected chi connectivity index (χ0v) is 12.2. The fraction of sp³-hybridized carbons (Fsp3) is 0.647. The lowest BCUT2D eigenvalue weighted by atomic mass is 9.98. The van der Waals surface area contributed by atoms with Crippen LogP contribution in [0.25, 0.3) is 0 Å². The van der Waals surface area contributed by atoms with E-state index >= 15 is 0 Å². The summed E-state index contributed by atoms with van der Waals surface area (Å²) in [5.41, 5.74) is 1.44. The topological polar surface area (TPSA) is 21.3 Å². The highest BCUT2D eigenvalue weighted by atomic mass is 16.5. The van der Waals surface area contributed by atoms with Crippen molar-refractivity contribution in [3.63, 3.8) is 0 Å². The van der Waals surface area contributed by atoms with Crippen LogP contribution < -0.4 is 10.1 Å². The van der Waals surface area contributed by atoms with E-state index in [0.717, 1.165) is 25.4 Å². The molecule has 0 radical (unpaired) electrons. The summed E-state index contributed by atoms with van der Waals surface area (Å²) in [6, 6.07) is 8.70. The fourth-order valence-electron chi connectivity index (χ4n) is 2.67. The van der Waals surface area contributed by atoms with Gasteiger partial charge in [0.15, 0.2) is 0 Å². The van der Waals surface area contributed by atoms with Gasteiger partial charge in [-0.3, -0.25) is 0 Å². The molecule has 2 rings (SSSR count). The molecule has 1 N–H and O–H groups in total. The van der Waals surface area contributed by atoms with E-state index < -0.39 is 0 Å². The second kappa shape index (κ2) is 8.21. The van der Waals surface area contributed by atoms with E-state index in [4.69, 9.17) is 4.74 Å². The smallest absolute Gasteiger partial charge is 0.119 e. The van der Waals surface area contributed by atoms with E-state index in [1.807, 2.05) is 0 Å². The fourth-order valence-corrected chi connectivity index (χ4v) is 2.67. The van der Waals surface area contributed by atoms with Gasteiger partial charge in [-0.1, -0.05) is 44.7 Å². The van der Waals surface area contributed by atoms with Crippen LogP contribution in [0.1, 0.15) is 56.9 Å². The van der Waals surface area contributed by atoms with Crippen LogP contribution in [0, 0.1) is 0 Å². The van der Waals surface area contributed by atoms with Gasteiger partial charge in [-0.15, -0.1) is 0 Å². The van der Waals surface area contributed by atoms with Crippen LogP contribution in [0.15, 0.2) is 24.3 Å². The van der Waals surface area contributed by atoms with Gasteiger partial charge in [-0.2, -0.15) is 0 Å². The van der Waals surface area contributed by atoms with Gasteiger partial charge in [0.25, 0.3) is 0 Å². The van der Waals surface area contributed by atoms with E-state index in [1.165, 1.54) is 44.1 Å². The molecule has 0 spiro atoms. The maximum Gasteiger partial charge on any atom is 0.119 e. The molecule has 1 aliphatic rings. The summed E-state index contributed by atoms with van der Waals surface area (Å²) in [7, 11) is 0. The number of benzene rings is 1. The minimum Gasteiger partial charge on any atom is -0.494 e. The van der Waals surface area contributed by atoms with Gasteiger partial charge in [0, 0.05) is 6.54 Å². The third-order valence-electron chi connectivity index (χ3n) is 3.93.